The van der Waals surface area contributed by atoms with Crippen LogP contribution in [0.25, 0.3) is 0 Å². The fourth-order valence-electron chi connectivity index (χ4n) is 3.58. The minimum Gasteiger partial charge on any atom is -0.466 e. The summed E-state index contributed by atoms with van der Waals surface area (Å²) in [5.41, 5.74) is -0.543. The van der Waals surface area contributed by atoms with Gasteiger partial charge < -0.3 is 14.2 Å². The number of carbonyl (C=O) groups excluding carboxylic acids is 3. The summed E-state index contributed by atoms with van der Waals surface area (Å²) in [5, 5.41) is 0. The highest BCUT2D eigenvalue weighted by Gasteiger charge is 2.68. The van der Waals surface area contributed by atoms with Crippen LogP contribution in [-0.4, -0.2) is 31.1 Å². The van der Waals surface area contributed by atoms with E-state index in [0.717, 1.165) is 5.56 Å². The Bertz CT molecular complexity index is 667. The van der Waals surface area contributed by atoms with Crippen LogP contribution in [0, 0.1) is 11.3 Å². The van der Waals surface area contributed by atoms with E-state index in [1.807, 2.05) is 12.1 Å². The van der Waals surface area contributed by atoms with Crippen LogP contribution in [-0.2, 0) is 23.9 Å². The molecule has 2 aliphatic rings. The molecule has 0 N–H and O–H groups in total. The maximum Gasteiger partial charge on any atom is 0.329 e. The SMILES string of the molecule is CCOC(=O)[C@@]12C[C@@H](COC(C)=O)[C@@H]1c1ccccc1OC2=O. The van der Waals surface area contributed by atoms with E-state index in [4.69, 9.17) is 14.2 Å². The van der Waals surface area contributed by atoms with Crippen molar-refractivity contribution in [2.45, 2.75) is 26.2 Å². The molecule has 122 valence electrons. The van der Waals surface area contributed by atoms with Crippen LogP contribution < -0.4 is 4.74 Å². The average molecular weight is 318 g/mol. The second kappa shape index (κ2) is 5.68. The Morgan fingerprint density at radius 1 is 1.30 bits per heavy atom. The Hall–Kier alpha value is -2.37. The van der Waals surface area contributed by atoms with Gasteiger partial charge in [0.2, 0.25) is 0 Å². The molecule has 6 heteroatoms. The molecule has 1 aliphatic heterocycles. The maximum absolute atomic E-state index is 12.5. The van der Waals surface area contributed by atoms with Gasteiger partial charge in [0.15, 0.2) is 5.41 Å². The molecule has 3 atom stereocenters. The first-order chi connectivity index (χ1) is 11.0. The summed E-state index contributed by atoms with van der Waals surface area (Å²) in [6, 6.07) is 7.13. The van der Waals surface area contributed by atoms with Crippen molar-refractivity contribution in [3.63, 3.8) is 0 Å². The third kappa shape index (κ3) is 2.29. The monoisotopic (exact) mass is 318 g/mol. The molecule has 6 nitrogen and oxygen atoms in total. The van der Waals surface area contributed by atoms with Crippen molar-refractivity contribution in [3.8, 4) is 5.75 Å². The zero-order valence-corrected chi connectivity index (χ0v) is 13.0. The first-order valence-electron chi connectivity index (χ1n) is 7.62. The van der Waals surface area contributed by atoms with Gasteiger partial charge in [0.1, 0.15) is 5.75 Å². The summed E-state index contributed by atoms with van der Waals surface area (Å²) in [6.07, 6.45) is 0.261. The van der Waals surface area contributed by atoms with Gasteiger partial charge in [0.05, 0.1) is 13.2 Å². The van der Waals surface area contributed by atoms with E-state index >= 15 is 0 Å². The minimum absolute atomic E-state index is 0.114. The van der Waals surface area contributed by atoms with Gasteiger partial charge in [-0.25, -0.2) is 0 Å². The topological polar surface area (TPSA) is 78.9 Å². The first kappa shape index (κ1) is 15.5. The molecule has 0 saturated heterocycles. The number of rotatable bonds is 4. The lowest BCUT2D eigenvalue weighted by molar-refractivity contribution is -0.187. The van der Waals surface area contributed by atoms with E-state index in [2.05, 4.69) is 0 Å². The molecular formula is C17H18O6. The summed E-state index contributed by atoms with van der Waals surface area (Å²) >= 11 is 0. The zero-order valence-electron chi connectivity index (χ0n) is 13.0. The molecule has 0 unspecified atom stereocenters. The highest BCUT2D eigenvalue weighted by atomic mass is 16.6. The van der Waals surface area contributed by atoms with Crippen molar-refractivity contribution in [1.82, 2.24) is 0 Å². The average Bonchev–Trinajstić information content (AvgIpc) is 2.47. The number of hydrogen-bond donors (Lipinski definition) is 0. The van der Waals surface area contributed by atoms with Crippen LogP contribution in [0.15, 0.2) is 24.3 Å². The summed E-state index contributed by atoms with van der Waals surface area (Å²) in [4.78, 5) is 36.0. The lowest BCUT2D eigenvalue weighted by Crippen LogP contribution is -2.61. The van der Waals surface area contributed by atoms with Gasteiger partial charge in [-0.15, -0.1) is 0 Å². The molecule has 0 amide bonds. The van der Waals surface area contributed by atoms with Crippen LogP contribution in [0.2, 0.25) is 0 Å². The largest absolute Gasteiger partial charge is 0.466 e. The molecule has 1 saturated carbocycles. The fraction of sp³-hybridized carbons (Fsp3) is 0.471. The summed E-state index contributed by atoms with van der Waals surface area (Å²) in [6.45, 7) is 3.39. The molecule has 1 aliphatic carbocycles. The van der Waals surface area contributed by atoms with Crippen molar-refractivity contribution in [2.75, 3.05) is 13.2 Å². The van der Waals surface area contributed by atoms with E-state index < -0.39 is 23.3 Å². The van der Waals surface area contributed by atoms with E-state index in [-0.39, 0.29) is 31.5 Å². The van der Waals surface area contributed by atoms with Gasteiger partial charge in [0.25, 0.3) is 0 Å². The summed E-state index contributed by atoms with van der Waals surface area (Å²) in [5.74, 6) is -1.58. The molecule has 3 rings (SSSR count). The molecular weight excluding hydrogens is 300 g/mol. The number of ether oxygens (including phenoxy) is 3. The fourth-order valence-corrected chi connectivity index (χ4v) is 3.58. The molecule has 0 radical (unpaired) electrons. The molecule has 1 aromatic carbocycles. The highest BCUT2D eigenvalue weighted by molar-refractivity contribution is 6.05. The number of esters is 3. The first-order valence-corrected chi connectivity index (χ1v) is 7.62. The van der Waals surface area contributed by atoms with Gasteiger partial charge in [-0.1, -0.05) is 18.2 Å². The maximum atomic E-state index is 12.5. The molecule has 0 aromatic heterocycles. The van der Waals surface area contributed by atoms with Crippen molar-refractivity contribution < 1.29 is 28.6 Å². The van der Waals surface area contributed by atoms with Crippen molar-refractivity contribution >= 4 is 17.9 Å². The lowest BCUT2D eigenvalue weighted by atomic mass is 9.50. The van der Waals surface area contributed by atoms with Crippen molar-refractivity contribution in [3.05, 3.63) is 29.8 Å². The Balaban J connectivity index is 1.98. The second-order valence-corrected chi connectivity index (χ2v) is 5.86. The molecule has 1 aromatic rings. The normalized spacial score (nSPS) is 27.8. The smallest absolute Gasteiger partial charge is 0.329 e. The zero-order chi connectivity index (χ0) is 16.6. The van der Waals surface area contributed by atoms with Gasteiger partial charge in [-0.3, -0.25) is 14.4 Å². The van der Waals surface area contributed by atoms with E-state index in [1.54, 1.807) is 19.1 Å². The van der Waals surface area contributed by atoms with E-state index in [9.17, 15) is 14.4 Å². The van der Waals surface area contributed by atoms with Gasteiger partial charge >= 0.3 is 17.9 Å². The van der Waals surface area contributed by atoms with E-state index in [1.165, 1.54) is 6.92 Å². The lowest BCUT2D eigenvalue weighted by Gasteiger charge is -2.53. The van der Waals surface area contributed by atoms with Crippen LogP contribution in [0.3, 0.4) is 0 Å². The molecule has 0 spiro atoms. The number of benzene rings is 1. The Kier molecular flexibility index (Phi) is 3.83. The predicted molar refractivity (Wildman–Crippen MR) is 78.6 cm³/mol. The number of carbonyl (C=O) groups is 3. The Morgan fingerprint density at radius 2 is 2.04 bits per heavy atom. The third-order valence-electron chi connectivity index (χ3n) is 4.55. The minimum atomic E-state index is -1.32. The van der Waals surface area contributed by atoms with Crippen molar-refractivity contribution in [2.24, 2.45) is 11.3 Å². The van der Waals surface area contributed by atoms with Crippen LogP contribution in [0.1, 0.15) is 31.7 Å². The molecule has 1 heterocycles. The van der Waals surface area contributed by atoms with Crippen LogP contribution in [0.4, 0.5) is 0 Å². The highest BCUT2D eigenvalue weighted by Crippen LogP contribution is 2.62. The van der Waals surface area contributed by atoms with E-state index in [0.29, 0.717) is 5.75 Å². The molecule has 23 heavy (non-hydrogen) atoms. The van der Waals surface area contributed by atoms with Gasteiger partial charge in [-0.05, 0) is 19.4 Å². The van der Waals surface area contributed by atoms with Gasteiger partial charge in [0, 0.05) is 24.3 Å². The summed E-state index contributed by atoms with van der Waals surface area (Å²) < 4.78 is 15.6. The quantitative estimate of drug-likeness (QED) is 0.479. The Labute approximate surface area is 133 Å². The number of para-hydroxylation sites is 1. The predicted octanol–water partition coefficient (Wildman–Crippen LogP) is 1.82. The standard InChI is InChI=1S/C17H18O6/c1-3-21-15(19)17-8-11(9-22-10(2)18)14(17)12-6-4-5-7-13(12)23-16(17)20/h4-7,11,14H,3,8-9H2,1-2H3/t11-,14+,17+/m0/s1. The summed E-state index contributed by atoms with van der Waals surface area (Å²) in [7, 11) is 0. The number of hydrogen-bond acceptors (Lipinski definition) is 6. The van der Waals surface area contributed by atoms with Crippen LogP contribution in [0.5, 0.6) is 5.75 Å². The molecule has 0 bridgehead atoms. The van der Waals surface area contributed by atoms with Crippen LogP contribution >= 0.6 is 0 Å². The Morgan fingerprint density at radius 3 is 2.74 bits per heavy atom. The molecule has 1 fully saturated rings. The van der Waals surface area contributed by atoms with Crippen molar-refractivity contribution in [1.29, 1.82) is 0 Å². The number of fused-ring (bicyclic) bond motifs is 3. The second-order valence-electron chi connectivity index (χ2n) is 5.86. The van der Waals surface area contributed by atoms with Gasteiger partial charge in [-0.2, -0.15) is 0 Å². The third-order valence-corrected chi connectivity index (χ3v) is 4.55.